The molecule has 2 aromatic heterocycles. The quantitative estimate of drug-likeness (QED) is 0.692. The van der Waals surface area contributed by atoms with Gasteiger partial charge in [0.15, 0.2) is 5.82 Å². The third-order valence-corrected chi connectivity index (χ3v) is 4.27. The fraction of sp³-hybridized carbons (Fsp3) is 0.222. The van der Waals surface area contributed by atoms with E-state index in [0.717, 1.165) is 15.9 Å². The van der Waals surface area contributed by atoms with Crippen LogP contribution in [-0.2, 0) is 6.54 Å². The first kappa shape index (κ1) is 18.1. The van der Waals surface area contributed by atoms with Crippen molar-refractivity contribution in [3.8, 4) is 5.82 Å². The van der Waals surface area contributed by atoms with Crippen molar-refractivity contribution < 1.29 is 4.79 Å². The predicted octanol–water partition coefficient (Wildman–Crippen LogP) is 2.24. The maximum Gasteiger partial charge on any atom is 0.266 e. The van der Waals surface area contributed by atoms with Gasteiger partial charge in [-0.15, -0.1) is 5.10 Å². The Morgan fingerprint density at radius 1 is 1.15 bits per heavy atom. The Balaban J connectivity index is 1.70. The van der Waals surface area contributed by atoms with Gasteiger partial charge in [0.25, 0.3) is 11.5 Å². The summed E-state index contributed by atoms with van der Waals surface area (Å²) in [4.78, 5) is 24.2. The van der Waals surface area contributed by atoms with Crippen molar-refractivity contribution in [2.75, 3.05) is 6.54 Å². The second-order valence-electron chi connectivity index (χ2n) is 5.86. The maximum absolute atomic E-state index is 12.2. The van der Waals surface area contributed by atoms with Gasteiger partial charge >= 0.3 is 0 Å². The molecule has 0 aliphatic rings. The number of nitrogens with zero attached hydrogens (tertiary/aromatic N) is 4. The molecule has 0 aliphatic carbocycles. The summed E-state index contributed by atoms with van der Waals surface area (Å²) in [5, 5.41) is 11.5. The summed E-state index contributed by atoms with van der Waals surface area (Å²) in [5.74, 6) is 0.363. The first-order chi connectivity index (χ1) is 12.4. The summed E-state index contributed by atoms with van der Waals surface area (Å²) in [6.07, 6.45) is 0. The molecule has 0 atom stereocenters. The Labute approximate surface area is 158 Å². The predicted molar refractivity (Wildman–Crippen MR) is 102 cm³/mol. The van der Waals surface area contributed by atoms with Gasteiger partial charge in [-0.05, 0) is 44.2 Å². The van der Waals surface area contributed by atoms with E-state index in [1.54, 1.807) is 28.9 Å². The van der Waals surface area contributed by atoms with Gasteiger partial charge in [-0.3, -0.25) is 9.59 Å². The molecule has 1 N–H and O–H groups in total. The Morgan fingerprint density at radius 3 is 2.65 bits per heavy atom. The summed E-state index contributed by atoms with van der Waals surface area (Å²) >= 11 is 3.34. The fourth-order valence-corrected chi connectivity index (χ4v) is 2.98. The zero-order chi connectivity index (χ0) is 18.7. The van der Waals surface area contributed by atoms with Gasteiger partial charge in [0.2, 0.25) is 0 Å². The zero-order valence-electron chi connectivity index (χ0n) is 14.4. The molecule has 0 saturated carbocycles. The van der Waals surface area contributed by atoms with Gasteiger partial charge in [-0.2, -0.15) is 5.10 Å². The average Bonchev–Trinajstić information content (AvgIpc) is 2.95. The van der Waals surface area contributed by atoms with Crippen molar-refractivity contribution in [2.24, 2.45) is 0 Å². The highest BCUT2D eigenvalue weighted by molar-refractivity contribution is 9.10. The second kappa shape index (κ2) is 7.65. The molecule has 0 radical (unpaired) electrons. The van der Waals surface area contributed by atoms with Crippen LogP contribution < -0.4 is 10.9 Å². The molecule has 3 aromatic rings. The Bertz CT molecular complexity index is 1010. The van der Waals surface area contributed by atoms with Crippen molar-refractivity contribution in [3.63, 3.8) is 0 Å². The van der Waals surface area contributed by atoms with E-state index in [-0.39, 0.29) is 18.0 Å². The van der Waals surface area contributed by atoms with Crippen LogP contribution in [0, 0.1) is 13.8 Å². The normalized spacial score (nSPS) is 10.7. The highest BCUT2D eigenvalue weighted by Gasteiger charge is 2.09. The number of aromatic nitrogens is 4. The molecule has 0 bridgehead atoms. The third kappa shape index (κ3) is 4.08. The van der Waals surface area contributed by atoms with Gasteiger partial charge < -0.3 is 5.32 Å². The van der Waals surface area contributed by atoms with Gasteiger partial charge in [0.05, 0.1) is 12.2 Å². The lowest BCUT2D eigenvalue weighted by atomic mass is 10.2. The molecule has 26 heavy (non-hydrogen) atoms. The van der Waals surface area contributed by atoms with E-state index in [4.69, 9.17) is 0 Å². The summed E-state index contributed by atoms with van der Waals surface area (Å²) in [6, 6.07) is 12.1. The second-order valence-corrected chi connectivity index (χ2v) is 6.77. The Kier molecular flexibility index (Phi) is 5.32. The van der Waals surface area contributed by atoms with Gasteiger partial charge in [-0.1, -0.05) is 22.0 Å². The fourth-order valence-electron chi connectivity index (χ4n) is 2.58. The molecule has 134 valence electrons. The molecular formula is C18H18BrN5O2. The number of nitrogens with one attached hydrogen (secondary N) is 1. The van der Waals surface area contributed by atoms with Crippen LogP contribution in [0.15, 0.2) is 51.7 Å². The van der Waals surface area contributed by atoms with Crippen LogP contribution in [-0.4, -0.2) is 32.0 Å². The first-order valence-corrected chi connectivity index (χ1v) is 8.89. The molecule has 3 rings (SSSR count). The van der Waals surface area contributed by atoms with E-state index >= 15 is 0 Å². The largest absolute Gasteiger partial charge is 0.350 e. The monoisotopic (exact) mass is 415 g/mol. The smallest absolute Gasteiger partial charge is 0.266 e. The highest BCUT2D eigenvalue weighted by atomic mass is 79.9. The van der Waals surface area contributed by atoms with Gasteiger partial charge in [0, 0.05) is 28.3 Å². The number of amides is 1. The third-order valence-electron chi connectivity index (χ3n) is 3.78. The minimum absolute atomic E-state index is 0.200. The van der Waals surface area contributed by atoms with Gasteiger partial charge in [0.1, 0.15) is 0 Å². The topological polar surface area (TPSA) is 81.8 Å². The van der Waals surface area contributed by atoms with Crippen molar-refractivity contribution in [1.29, 1.82) is 0 Å². The molecule has 7 nitrogen and oxygen atoms in total. The number of carbonyl (C=O) groups is 1. The molecule has 1 amide bonds. The van der Waals surface area contributed by atoms with Crippen LogP contribution in [0.5, 0.6) is 0 Å². The Morgan fingerprint density at radius 2 is 1.96 bits per heavy atom. The van der Waals surface area contributed by atoms with Crippen molar-refractivity contribution in [3.05, 3.63) is 74.2 Å². The van der Waals surface area contributed by atoms with E-state index in [1.807, 2.05) is 26.0 Å². The lowest BCUT2D eigenvalue weighted by Gasteiger charge is -2.09. The molecule has 1 aromatic carbocycles. The van der Waals surface area contributed by atoms with E-state index in [9.17, 15) is 9.59 Å². The molecule has 0 fully saturated rings. The summed E-state index contributed by atoms with van der Waals surface area (Å²) in [5.41, 5.74) is 2.13. The molecule has 0 saturated heterocycles. The average molecular weight is 416 g/mol. The van der Waals surface area contributed by atoms with Crippen LogP contribution in [0.1, 0.15) is 21.7 Å². The SMILES string of the molecule is Cc1cc(C)n(-c2ccc(=O)n(CCNC(=O)c3cccc(Br)c3)n2)n1. The lowest BCUT2D eigenvalue weighted by molar-refractivity contribution is 0.0951. The molecule has 0 spiro atoms. The number of hydrogen-bond acceptors (Lipinski definition) is 4. The van der Waals surface area contributed by atoms with Crippen LogP contribution in [0.3, 0.4) is 0 Å². The van der Waals surface area contributed by atoms with Crippen molar-refractivity contribution in [1.82, 2.24) is 24.9 Å². The molecule has 0 unspecified atom stereocenters. The maximum atomic E-state index is 12.2. The highest BCUT2D eigenvalue weighted by Crippen LogP contribution is 2.11. The van der Waals surface area contributed by atoms with Crippen molar-refractivity contribution >= 4 is 21.8 Å². The Hall–Kier alpha value is -2.74. The zero-order valence-corrected chi connectivity index (χ0v) is 16.0. The number of hydrogen-bond donors (Lipinski definition) is 1. The standard InChI is InChI=1S/C18H18BrN5O2/c1-12-10-13(2)24(21-12)16-6-7-17(25)23(22-16)9-8-20-18(26)14-4-3-5-15(19)11-14/h3-7,10-11H,8-9H2,1-2H3,(H,20,26). The van der Waals surface area contributed by atoms with Crippen LogP contribution in [0.4, 0.5) is 0 Å². The summed E-state index contributed by atoms with van der Waals surface area (Å²) in [6.45, 7) is 4.39. The number of rotatable bonds is 5. The van der Waals surface area contributed by atoms with E-state index in [2.05, 4.69) is 31.4 Å². The summed E-state index contributed by atoms with van der Waals surface area (Å²) < 4.78 is 3.85. The van der Waals surface area contributed by atoms with Crippen molar-refractivity contribution in [2.45, 2.75) is 20.4 Å². The van der Waals surface area contributed by atoms with E-state index in [0.29, 0.717) is 17.9 Å². The first-order valence-electron chi connectivity index (χ1n) is 8.09. The summed E-state index contributed by atoms with van der Waals surface area (Å²) in [7, 11) is 0. The van der Waals surface area contributed by atoms with Crippen LogP contribution >= 0.6 is 15.9 Å². The lowest BCUT2D eigenvalue weighted by Crippen LogP contribution is -2.32. The number of carbonyl (C=O) groups excluding carboxylic acids is 1. The van der Waals surface area contributed by atoms with Gasteiger partial charge in [-0.25, -0.2) is 9.36 Å². The van der Waals surface area contributed by atoms with E-state index < -0.39 is 0 Å². The number of halogens is 1. The van der Waals surface area contributed by atoms with Crippen LogP contribution in [0.2, 0.25) is 0 Å². The molecule has 0 aliphatic heterocycles. The minimum Gasteiger partial charge on any atom is -0.350 e. The number of aryl methyl sites for hydroxylation is 2. The molecular weight excluding hydrogens is 398 g/mol. The van der Waals surface area contributed by atoms with E-state index in [1.165, 1.54) is 10.7 Å². The van der Waals surface area contributed by atoms with Crippen LogP contribution in [0.25, 0.3) is 5.82 Å². The number of benzene rings is 1. The molecule has 2 heterocycles. The molecule has 8 heteroatoms. The minimum atomic E-state index is -0.230.